The van der Waals surface area contributed by atoms with Crippen molar-refractivity contribution in [2.24, 2.45) is 5.10 Å². The van der Waals surface area contributed by atoms with E-state index in [4.69, 9.17) is 27.9 Å². The standard InChI is InChI=1S/C31H25Cl2F3N4O5S/c1-20-5-12-26(13-6-20)46(43,44)40(24-9-14-28(33)27(16-24)31(34,35)36)18-29(41)39-37-17-21-7-10-25(11-8-21)45-19-30(42)38-23-4-2-3-22(32)15-23/h2-17H,18-19H2,1H3,(H,38,42)(H,39,41)/b37-17+. The van der Waals surface area contributed by atoms with Crippen LogP contribution < -0.4 is 19.8 Å². The zero-order valence-corrected chi connectivity index (χ0v) is 26.2. The summed E-state index contributed by atoms with van der Waals surface area (Å²) < 4.78 is 73.7. The highest BCUT2D eigenvalue weighted by molar-refractivity contribution is 7.92. The van der Waals surface area contributed by atoms with E-state index in [9.17, 15) is 31.2 Å². The van der Waals surface area contributed by atoms with E-state index in [1.807, 2.05) is 0 Å². The molecule has 0 aliphatic rings. The molecule has 15 heteroatoms. The molecule has 2 N–H and O–H groups in total. The number of hydrazone groups is 1. The van der Waals surface area contributed by atoms with E-state index in [1.54, 1.807) is 55.5 Å². The van der Waals surface area contributed by atoms with Crippen LogP contribution in [-0.2, 0) is 25.8 Å². The van der Waals surface area contributed by atoms with Crippen LogP contribution in [0.15, 0.2) is 101 Å². The van der Waals surface area contributed by atoms with E-state index in [2.05, 4.69) is 15.8 Å². The zero-order chi connectivity index (χ0) is 33.5. The van der Waals surface area contributed by atoms with Gasteiger partial charge in [-0.3, -0.25) is 13.9 Å². The van der Waals surface area contributed by atoms with Crippen LogP contribution in [-0.4, -0.2) is 39.6 Å². The lowest BCUT2D eigenvalue weighted by molar-refractivity contribution is -0.137. The fourth-order valence-corrected chi connectivity index (χ4v) is 5.77. The fourth-order valence-electron chi connectivity index (χ4n) is 3.95. The second-order valence-electron chi connectivity index (χ2n) is 9.70. The number of nitrogens with one attached hydrogen (secondary N) is 2. The van der Waals surface area contributed by atoms with E-state index in [0.29, 0.717) is 32.4 Å². The Kier molecular flexibility index (Phi) is 10.9. The van der Waals surface area contributed by atoms with Crippen molar-refractivity contribution < 1.29 is 35.9 Å². The molecule has 4 aromatic rings. The van der Waals surface area contributed by atoms with Gasteiger partial charge in [0.05, 0.1) is 27.4 Å². The SMILES string of the molecule is Cc1ccc(S(=O)(=O)N(CC(=O)N/N=C/c2ccc(OCC(=O)Nc3cccc(Cl)c3)cc2)c2ccc(Cl)c(C(F)(F)F)c2)cc1. The molecule has 0 spiro atoms. The third kappa shape index (κ3) is 9.22. The molecular weight excluding hydrogens is 668 g/mol. The minimum Gasteiger partial charge on any atom is -0.484 e. The molecule has 240 valence electrons. The first kappa shape index (κ1) is 34.3. The number of amides is 2. The number of anilines is 2. The third-order valence-corrected chi connectivity index (χ3v) is 8.55. The van der Waals surface area contributed by atoms with Gasteiger partial charge in [0.25, 0.3) is 21.8 Å². The molecule has 0 fully saturated rings. The molecule has 46 heavy (non-hydrogen) atoms. The van der Waals surface area contributed by atoms with Gasteiger partial charge in [-0.2, -0.15) is 18.3 Å². The number of carbonyl (C=O) groups excluding carboxylic acids is 2. The number of ether oxygens (including phenoxy) is 1. The van der Waals surface area contributed by atoms with Gasteiger partial charge in [-0.25, -0.2) is 13.8 Å². The number of alkyl halides is 3. The molecular formula is C31H25Cl2F3N4O5S. The highest BCUT2D eigenvalue weighted by Crippen LogP contribution is 2.38. The van der Waals surface area contributed by atoms with Gasteiger partial charge < -0.3 is 10.1 Å². The van der Waals surface area contributed by atoms with Crippen molar-refractivity contribution in [1.82, 2.24) is 5.43 Å². The third-order valence-electron chi connectivity index (χ3n) is 6.20. The summed E-state index contributed by atoms with van der Waals surface area (Å²) in [6, 6.07) is 21.1. The smallest absolute Gasteiger partial charge is 0.417 e. The molecule has 9 nitrogen and oxygen atoms in total. The first-order valence-electron chi connectivity index (χ1n) is 13.3. The number of rotatable bonds is 11. The van der Waals surface area contributed by atoms with Crippen molar-refractivity contribution >= 4 is 62.6 Å². The van der Waals surface area contributed by atoms with E-state index < -0.39 is 50.8 Å². The summed E-state index contributed by atoms with van der Waals surface area (Å²) in [7, 11) is -4.49. The molecule has 0 saturated heterocycles. The lowest BCUT2D eigenvalue weighted by atomic mass is 10.2. The fraction of sp³-hybridized carbons (Fsp3) is 0.129. The van der Waals surface area contributed by atoms with Gasteiger partial charge >= 0.3 is 6.18 Å². The van der Waals surface area contributed by atoms with Crippen molar-refractivity contribution in [3.8, 4) is 5.75 Å². The van der Waals surface area contributed by atoms with Gasteiger partial charge in [0.2, 0.25) is 0 Å². The lowest BCUT2D eigenvalue weighted by Crippen LogP contribution is -2.39. The van der Waals surface area contributed by atoms with E-state index in [-0.39, 0.29) is 11.5 Å². The molecule has 0 saturated carbocycles. The maximum absolute atomic E-state index is 13.6. The Morgan fingerprint density at radius 3 is 2.28 bits per heavy atom. The van der Waals surface area contributed by atoms with E-state index >= 15 is 0 Å². The van der Waals surface area contributed by atoms with E-state index in [0.717, 1.165) is 17.7 Å². The Morgan fingerprint density at radius 2 is 1.63 bits per heavy atom. The highest BCUT2D eigenvalue weighted by atomic mass is 35.5. The van der Waals surface area contributed by atoms with Crippen molar-refractivity contribution in [2.45, 2.75) is 18.0 Å². The Morgan fingerprint density at radius 1 is 0.935 bits per heavy atom. The molecule has 0 radical (unpaired) electrons. The number of hydrogen-bond donors (Lipinski definition) is 2. The Hall–Kier alpha value is -4.59. The molecule has 0 aliphatic heterocycles. The van der Waals surface area contributed by atoms with Crippen molar-refractivity contribution in [1.29, 1.82) is 0 Å². The van der Waals surface area contributed by atoms with Crippen LogP contribution in [0.3, 0.4) is 0 Å². The predicted octanol–water partition coefficient (Wildman–Crippen LogP) is 6.68. The molecule has 0 bridgehead atoms. The number of carbonyl (C=O) groups is 2. The number of aryl methyl sites for hydroxylation is 1. The zero-order valence-electron chi connectivity index (χ0n) is 23.9. The van der Waals surface area contributed by atoms with Crippen LogP contribution in [0.25, 0.3) is 0 Å². The average Bonchev–Trinajstić information content (AvgIpc) is 2.99. The van der Waals surface area contributed by atoms with Crippen LogP contribution in [0, 0.1) is 6.92 Å². The minimum atomic E-state index is -4.87. The maximum atomic E-state index is 13.6. The molecule has 0 unspecified atom stereocenters. The molecule has 4 rings (SSSR count). The van der Waals surface area contributed by atoms with Crippen LogP contribution in [0.1, 0.15) is 16.7 Å². The summed E-state index contributed by atoms with van der Waals surface area (Å²) >= 11 is 11.6. The molecule has 0 atom stereocenters. The van der Waals surface area contributed by atoms with Gasteiger partial charge in [-0.1, -0.05) is 47.0 Å². The van der Waals surface area contributed by atoms with Crippen molar-refractivity contribution in [3.05, 3.63) is 118 Å². The largest absolute Gasteiger partial charge is 0.484 e. The lowest BCUT2D eigenvalue weighted by Gasteiger charge is -2.25. The van der Waals surface area contributed by atoms with Gasteiger partial charge in [0.1, 0.15) is 12.3 Å². The first-order valence-corrected chi connectivity index (χ1v) is 15.5. The number of sulfonamides is 1. The number of hydrogen-bond acceptors (Lipinski definition) is 6. The van der Waals surface area contributed by atoms with Crippen LogP contribution in [0.4, 0.5) is 24.5 Å². The van der Waals surface area contributed by atoms with Gasteiger partial charge in [-0.05, 0) is 85.3 Å². The molecule has 4 aromatic carbocycles. The summed E-state index contributed by atoms with van der Waals surface area (Å²) in [5.41, 5.74) is 2.28. The molecule has 0 heterocycles. The summed E-state index contributed by atoms with van der Waals surface area (Å²) in [4.78, 5) is 24.7. The summed E-state index contributed by atoms with van der Waals surface area (Å²) in [5, 5.41) is 6.31. The van der Waals surface area contributed by atoms with Gasteiger partial charge in [-0.15, -0.1) is 0 Å². The van der Waals surface area contributed by atoms with E-state index in [1.165, 1.54) is 30.5 Å². The number of halogens is 5. The molecule has 0 aliphatic carbocycles. The topological polar surface area (TPSA) is 117 Å². The minimum absolute atomic E-state index is 0.234. The Labute approximate surface area is 272 Å². The summed E-state index contributed by atoms with van der Waals surface area (Å²) in [6.45, 7) is 0.574. The molecule has 0 aromatic heterocycles. The Balaban J connectivity index is 1.42. The average molecular weight is 694 g/mol. The van der Waals surface area contributed by atoms with Crippen LogP contribution in [0.5, 0.6) is 5.75 Å². The van der Waals surface area contributed by atoms with Gasteiger partial charge in [0, 0.05) is 10.7 Å². The normalized spacial score (nSPS) is 11.7. The van der Waals surface area contributed by atoms with Crippen LogP contribution in [0.2, 0.25) is 10.0 Å². The van der Waals surface area contributed by atoms with Crippen LogP contribution >= 0.6 is 23.2 Å². The first-order chi connectivity index (χ1) is 21.7. The highest BCUT2D eigenvalue weighted by Gasteiger charge is 2.35. The monoisotopic (exact) mass is 692 g/mol. The summed E-state index contributed by atoms with van der Waals surface area (Å²) in [6.07, 6.45) is -3.61. The van der Waals surface area contributed by atoms with Gasteiger partial charge in [0.15, 0.2) is 6.61 Å². The number of benzene rings is 4. The quantitative estimate of drug-likeness (QED) is 0.134. The van der Waals surface area contributed by atoms with Crippen molar-refractivity contribution in [2.75, 3.05) is 22.8 Å². The summed E-state index contributed by atoms with van der Waals surface area (Å²) in [5.74, 6) is -0.955. The Bertz CT molecular complexity index is 1850. The second-order valence-corrected chi connectivity index (χ2v) is 12.4. The molecule has 2 amide bonds. The predicted molar refractivity (Wildman–Crippen MR) is 170 cm³/mol. The maximum Gasteiger partial charge on any atom is 0.417 e. The second kappa shape index (κ2) is 14.7. The van der Waals surface area contributed by atoms with Crippen molar-refractivity contribution in [3.63, 3.8) is 0 Å². The number of nitrogens with zero attached hydrogens (tertiary/aromatic N) is 2.